The zero-order chi connectivity index (χ0) is 13.3. The number of nitrogens with zero attached hydrogens (tertiary/aromatic N) is 1. The fraction of sp³-hybridized carbons (Fsp3) is 0.385. The van der Waals surface area contributed by atoms with Gasteiger partial charge in [0.2, 0.25) is 0 Å². The Morgan fingerprint density at radius 3 is 2.56 bits per heavy atom. The normalized spacial score (nSPS) is 10.7. The van der Waals surface area contributed by atoms with Crippen molar-refractivity contribution in [3.05, 3.63) is 32.0 Å². The lowest BCUT2D eigenvalue weighted by molar-refractivity contribution is 0.103. The Labute approximate surface area is 115 Å². The Hall–Kier alpha value is -1.20. The van der Waals surface area contributed by atoms with Crippen LogP contribution in [-0.2, 0) is 6.42 Å². The van der Waals surface area contributed by atoms with Crippen LogP contribution in [-0.4, -0.2) is 10.9 Å². The lowest BCUT2D eigenvalue weighted by atomic mass is 10.2. The van der Waals surface area contributed by atoms with Crippen molar-refractivity contribution in [1.82, 2.24) is 4.98 Å². The van der Waals surface area contributed by atoms with Gasteiger partial charge in [-0.25, -0.2) is 4.98 Å². The Morgan fingerprint density at radius 1 is 1.33 bits per heavy atom. The minimum Gasteiger partial charge on any atom is -0.297 e. The third-order valence-corrected chi connectivity index (χ3v) is 5.18. The van der Waals surface area contributed by atoms with E-state index < -0.39 is 0 Å². The number of carbonyl (C=O) groups is 1. The van der Waals surface area contributed by atoms with Crippen molar-refractivity contribution >= 4 is 33.7 Å². The van der Waals surface area contributed by atoms with Crippen LogP contribution in [0, 0.1) is 20.8 Å². The molecular weight excluding hydrogens is 264 g/mol. The summed E-state index contributed by atoms with van der Waals surface area (Å²) >= 11 is 3.08. The molecule has 0 saturated heterocycles. The third-order valence-electron chi connectivity index (χ3n) is 2.81. The lowest BCUT2D eigenvalue weighted by Crippen LogP contribution is -2.09. The first-order chi connectivity index (χ1) is 8.51. The molecule has 0 atom stereocenters. The summed E-state index contributed by atoms with van der Waals surface area (Å²) in [5.74, 6) is -0.0587. The first-order valence-electron chi connectivity index (χ1n) is 5.86. The Kier molecular flexibility index (Phi) is 3.82. The molecule has 2 rings (SSSR count). The molecule has 0 spiro atoms. The van der Waals surface area contributed by atoms with Crippen molar-refractivity contribution in [2.24, 2.45) is 0 Å². The van der Waals surface area contributed by atoms with E-state index in [1.54, 1.807) is 11.3 Å². The molecule has 2 aromatic rings. The van der Waals surface area contributed by atoms with Gasteiger partial charge in [0.25, 0.3) is 5.91 Å². The standard InChI is InChI=1S/C13H16N2OS2/c1-5-10-7(2)6-11(18-10)12(16)15-13-14-8(3)9(4)17-13/h6H,5H2,1-4H3,(H,14,15,16). The summed E-state index contributed by atoms with van der Waals surface area (Å²) in [6.07, 6.45) is 0.971. The third kappa shape index (κ3) is 2.62. The van der Waals surface area contributed by atoms with E-state index in [0.717, 1.165) is 21.9 Å². The summed E-state index contributed by atoms with van der Waals surface area (Å²) in [5.41, 5.74) is 2.17. The van der Waals surface area contributed by atoms with Gasteiger partial charge < -0.3 is 0 Å². The molecule has 2 heterocycles. The van der Waals surface area contributed by atoms with E-state index in [4.69, 9.17) is 0 Å². The number of aryl methyl sites for hydroxylation is 4. The summed E-state index contributed by atoms with van der Waals surface area (Å²) in [6, 6.07) is 1.95. The van der Waals surface area contributed by atoms with Crippen LogP contribution in [0.25, 0.3) is 0 Å². The molecule has 3 nitrogen and oxygen atoms in total. The van der Waals surface area contributed by atoms with Gasteiger partial charge in [0, 0.05) is 9.75 Å². The van der Waals surface area contributed by atoms with E-state index in [-0.39, 0.29) is 5.91 Å². The highest BCUT2D eigenvalue weighted by Gasteiger charge is 2.13. The smallest absolute Gasteiger partial charge is 0.267 e. The van der Waals surface area contributed by atoms with Gasteiger partial charge >= 0.3 is 0 Å². The zero-order valence-corrected chi connectivity index (χ0v) is 12.6. The van der Waals surface area contributed by atoms with Crippen LogP contribution in [0.15, 0.2) is 6.07 Å². The monoisotopic (exact) mass is 280 g/mol. The summed E-state index contributed by atoms with van der Waals surface area (Å²) < 4.78 is 0. The molecule has 0 aliphatic rings. The minimum atomic E-state index is -0.0587. The summed E-state index contributed by atoms with van der Waals surface area (Å²) in [4.78, 5) is 19.6. The number of hydrogen-bond acceptors (Lipinski definition) is 4. The average Bonchev–Trinajstić information content (AvgIpc) is 2.83. The fourth-order valence-corrected chi connectivity index (χ4v) is 3.49. The number of thiophene rings is 1. The van der Waals surface area contributed by atoms with E-state index in [1.165, 1.54) is 21.8 Å². The van der Waals surface area contributed by atoms with Gasteiger partial charge in [-0.15, -0.1) is 22.7 Å². The molecule has 1 N–H and O–H groups in total. The van der Waals surface area contributed by atoms with Crippen molar-refractivity contribution < 1.29 is 4.79 Å². The number of thiazole rings is 1. The highest BCUT2D eigenvalue weighted by atomic mass is 32.1. The zero-order valence-electron chi connectivity index (χ0n) is 11.0. The molecule has 96 valence electrons. The molecule has 0 radical (unpaired) electrons. The first kappa shape index (κ1) is 13.2. The molecule has 5 heteroatoms. The highest BCUT2D eigenvalue weighted by Crippen LogP contribution is 2.25. The molecule has 18 heavy (non-hydrogen) atoms. The Bertz CT molecular complexity index is 564. The number of aromatic nitrogens is 1. The molecule has 0 unspecified atom stereocenters. The van der Waals surface area contributed by atoms with Crippen LogP contribution in [0.2, 0.25) is 0 Å². The molecule has 1 amide bonds. The van der Waals surface area contributed by atoms with E-state index in [0.29, 0.717) is 5.13 Å². The number of rotatable bonds is 3. The van der Waals surface area contributed by atoms with E-state index in [1.807, 2.05) is 26.8 Å². The number of amides is 1. The van der Waals surface area contributed by atoms with Crippen LogP contribution < -0.4 is 5.32 Å². The summed E-state index contributed by atoms with van der Waals surface area (Å²) in [6.45, 7) is 8.11. The molecule has 0 aliphatic heterocycles. The summed E-state index contributed by atoms with van der Waals surface area (Å²) in [5, 5.41) is 3.54. The largest absolute Gasteiger partial charge is 0.297 e. The van der Waals surface area contributed by atoms with Crippen LogP contribution in [0.5, 0.6) is 0 Å². The van der Waals surface area contributed by atoms with Crippen LogP contribution in [0.4, 0.5) is 5.13 Å². The molecule has 0 saturated carbocycles. The van der Waals surface area contributed by atoms with Gasteiger partial charge in [-0.05, 0) is 38.8 Å². The fourth-order valence-electron chi connectivity index (χ4n) is 1.67. The molecule has 0 bridgehead atoms. The van der Waals surface area contributed by atoms with Crippen molar-refractivity contribution in [1.29, 1.82) is 0 Å². The number of carbonyl (C=O) groups excluding carboxylic acids is 1. The van der Waals surface area contributed by atoms with Gasteiger partial charge in [0.15, 0.2) is 5.13 Å². The maximum Gasteiger partial charge on any atom is 0.267 e. The molecule has 0 aliphatic carbocycles. The SMILES string of the molecule is CCc1sc(C(=O)Nc2nc(C)c(C)s2)cc1C. The molecule has 2 aromatic heterocycles. The number of anilines is 1. The maximum absolute atomic E-state index is 12.1. The Morgan fingerprint density at radius 2 is 2.06 bits per heavy atom. The van der Waals surface area contributed by atoms with Crippen molar-refractivity contribution in [2.45, 2.75) is 34.1 Å². The van der Waals surface area contributed by atoms with E-state index >= 15 is 0 Å². The second-order valence-electron chi connectivity index (χ2n) is 4.19. The topological polar surface area (TPSA) is 42.0 Å². The minimum absolute atomic E-state index is 0.0587. The van der Waals surface area contributed by atoms with Crippen LogP contribution in [0.1, 0.15) is 37.6 Å². The summed E-state index contributed by atoms with van der Waals surface area (Å²) in [7, 11) is 0. The van der Waals surface area contributed by atoms with Gasteiger partial charge in [0.05, 0.1) is 10.6 Å². The molecular formula is C13H16N2OS2. The predicted molar refractivity (Wildman–Crippen MR) is 78.0 cm³/mol. The van der Waals surface area contributed by atoms with Crippen LogP contribution in [0.3, 0.4) is 0 Å². The van der Waals surface area contributed by atoms with Crippen LogP contribution >= 0.6 is 22.7 Å². The highest BCUT2D eigenvalue weighted by molar-refractivity contribution is 7.16. The van der Waals surface area contributed by atoms with Gasteiger partial charge in [0.1, 0.15) is 0 Å². The second-order valence-corrected chi connectivity index (χ2v) is 6.53. The number of hydrogen-bond donors (Lipinski definition) is 1. The van der Waals surface area contributed by atoms with Crippen molar-refractivity contribution in [3.63, 3.8) is 0 Å². The maximum atomic E-state index is 12.1. The molecule has 0 fully saturated rings. The second kappa shape index (κ2) is 5.20. The first-order valence-corrected chi connectivity index (χ1v) is 7.49. The predicted octanol–water partition coefficient (Wildman–Crippen LogP) is 3.94. The van der Waals surface area contributed by atoms with E-state index in [2.05, 4.69) is 17.2 Å². The van der Waals surface area contributed by atoms with Gasteiger partial charge in [-0.1, -0.05) is 6.92 Å². The van der Waals surface area contributed by atoms with Gasteiger partial charge in [-0.3, -0.25) is 10.1 Å². The quantitative estimate of drug-likeness (QED) is 0.925. The van der Waals surface area contributed by atoms with Gasteiger partial charge in [-0.2, -0.15) is 0 Å². The average molecular weight is 280 g/mol. The Balaban J connectivity index is 2.16. The number of nitrogens with one attached hydrogen (secondary N) is 1. The van der Waals surface area contributed by atoms with Crippen molar-refractivity contribution in [2.75, 3.05) is 5.32 Å². The van der Waals surface area contributed by atoms with Crippen molar-refractivity contribution in [3.8, 4) is 0 Å². The van der Waals surface area contributed by atoms with E-state index in [9.17, 15) is 4.79 Å². The lowest BCUT2D eigenvalue weighted by Gasteiger charge is -1.97. The molecule has 0 aromatic carbocycles.